The fourth-order valence-electron chi connectivity index (χ4n) is 3.54. The highest BCUT2D eigenvalue weighted by molar-refractivity contribution is 5.90. The Labute approximate surface area is 163 Å². The minimum atomic E-state index is -0.160. The lowest BCUT2D eigenvalue weighted by Crippen LogP contribution is -2.24. The molecule has 0 saturated carbocycles. The number of fused-ring (bicyclic) bond motifs is 1. The van der Waals surface area contributed by atoms with Crippen molar-refractivity contribution in [2.45, 2.75) is 32.7 Å². The van der Waals surface area contributed by atoms with Crippen LogP contribution in [0.15, 0.2) is 47.7 Å². The Bertz CT molecular complexity index is 1050. The lowest BCUT2D eigenvalue weighted by atomic mass is 10.1. The Hall–Kier alpha value is -3.22. The first-order valence-corrected chi connectivity index (χ1v) is 9.57. The van der Waals surface area contributed by atoms with E-state index in [-0.39, 0.29) is 24.4 Å². The van der Waals surface area contributed by atoms with Crippen LogP contribution in [0.2, 0.25) is 0 Å². The molecular formula is C21H23N5O2. The predicted molar refractivity (Wildman–Crippen MR) is 110 cm³/mol. The molecular weight excluding hydrogens is 354 g/mol. The van der Waals surface area contributed by atoms with E-state index >= 15 is 0 Å². The van der Waals surface area contributed by atoms with E-state index in [4.69, 9.17) is 0 Å². The summed E-state index contributed by atoms with van der Waals surface area (Å²) in [6.07, 6.45) is 5.77. The third-order valence-electron chi connectivity index (χ3n) is 5.10. The first-order chi connectivity index (χ1) is 13.6. The molecule has 1 N–H and O–H groups in total. The Morgan fingerprint density at radius 3 is 2.71 bits per heavy atom. The van der Waals surface area contributed by atoms with Gasteiger partial charge in [-0.15, -0.1) is 0 Å². The Morgan fingerprint density at radius 1 is 1.14 bits per heavy atom. The van der Waals surface area contributed by atoms with Crippen molar-refractivity contribution < 1.29 is 4.79 Å². The van der Waals surface area contributed by atoms with E-state index in [0.29, 0.717) is 16.6 Å². The second-order valence-corrected chi connectivity index (χ2v) is 7.11. The zero-order valence-corrected chi connectivity index (χ0v) is 15.9. The van der Waals surface area contributed by atoms with Crippen LogP contribution in [0.1, 0.15) is 24.8 Å². The molecule has 0 spiro atoms. The van der Waals surface area contributed by atoms with Crippen molar-refractivity contribution in [3.05, 3.63) is 58.8 Å². The number of pyridine rings is 1. The number of hydrogen-bond donors (Lipinski definition) is 1. The van der Waals surface area contributed by atoms with Crippen molar-refractivity contribution in [3.8, 4) is 0 Å². The van der Waals surface area contributed by atoms with Gasteiger partial charge in [-0.05, 0) is 43.5 Å². The minimum absolute atomic E-state index is 0.127. The summed E-state index contributed by atoms with van der Waals surface area (Å²) in [6, 6.07) is 9.33. The van der Waals surface area contributed by atoms with Crippen molar-refractivity contribution in [2.75, 3.05) is 23.3 Å². The number of nitrogens with zero attached hydrogens (tertiary/aromatic N) is 4. The Morgan fingerprint density at radius 2 is 1.96 bits per heavy atom. The molecule has 7 nitrogen and oxygen atoms in total. The maximum atomic E-state index is 12.6. The second kappa shape index (κ2) is 7.80. The van der Waals surface area contributed by atoms with Gasteiger partial charge in [0.05, 0.1) is 29.1 Å². The van der Waals surface area contributed by atoms with Crippen LogP contribution >= 0.6 is 0 Å². The molecule has 1 aliphatic heterocycles. The average molecular weight is 377 g/mol. The van der Waals surface area contributed by atoms with Crippen LogP contribution in [0.25, 0.3) is 10.9 Å². The van der Waals surface area contributed by atoms with E-state index in [1.54, 1.807) is 12.3 Å². The zero-order valence-electron chi connectivity index (χ0n) is 15.9. The van der Waals surface area contributed by atoms with E-state index in [1.165, 1.54) is 23.7 Å². The number of carbonyl (C=O) groups excluding carboxylic acids is 1. The number of benzene rings is 1. The molecule has 0 bridgehead atoms. The number of rotatable bonds is 5. The summed E-state index contributed by atoms with van der Waals surface area (Å²) in [6.45, 7) is 4.27. The number of anilines is 2. The minimum Gasteiger partial charge on any atom is -0.357 e. The van der Waals surface area contributed by atoms with E-state index < -0.39 is 0 Å². The monoisotopic (exact) mass is 377 g/mol. The topological polar surface area (TPSA) is 80.1 Å². The van der Waals surface area contributed by atoms with Crippen LogP contribution in [0.4, 0.5) is 11.5 Å². The van der Waals surface area contributed by atoms with Crippen LogP contribution in [0.5, 0.6) is 0 Å². The van der Waals surface area contributed by atoms with Gasteiger partial charge in [0.15, 0.2) is 0 Å². The molecule has 7 heteroatoms. The van der Waals surface area contributed by atoms with Gasteiger partial charge in [0.1, 0.15) is 5.82 Å². The molecule has 1 saturated heterocycles. The van der Waals surface area contributed by atoms with Crippen LogP contribution in [0, 0.1) is 6.92 Å². The maximum absolute atomic E-state index is 12.6. The molecule has 144 valence electrons. The number of hydrogen-bond acceptors (Lipinski definition) is 5. The highest BCUT2D eigenvalue weighted by Gasteiger charge is 2.13. The van der Waals surface area contributed by atoms with Gasteiger partial charge < -0.3 is 10.2 Å². The van der Waals surface area contributed by atoms with Crippen LogP contribution in [-0.4, -0.2) is 33.5 Å². The number of aryl methyl sites for hydroxylation is 2. The van der Waals surface area contributed by atoms with Gasteiger partial charge in [-0.25, -0.2) is 9.97 Å². The lowest BCUT2D eigenvalue weighted by Gasteiger charge is -2.16. The van der Waals surface area contributed by atoms with Gasteiger partial charge >= 0.3 is 0 Å². The summed E-state index contributed by atoms with van der Waals surface area (Å²) in [4.78, 5) is 35.9. The van der Waals surface area contributed by atoms with Crippen molar-refractivity contribution >= 4 is 28.3 Å². The van der Waals surface area contributed by atoms with Gasteiger partial charge in [-0.2, -0.15) is 0 Å². The number of amides is 1. The molecule has 0 radical (unpaired) electrons. The standard InChI is InChI=1S/C21H23N5O2/c1-15-5-4-6-17-20(15)23-14-26(21(17)28)12-9-19(27)24-16-7-8-18(22-13-16)25-10-2-3-11-25/h4-8,13-14H,2-3,9-12H2,1H3,(H,24,27). The summed E-state index contributed by atoms with van der Waals surface area (Å²) in [5.41, 5.74) is 2.20. The van der Waals surface area contributed by atoms with E-state index in [0.717, 1.165) is 24.5 Å². The van der Waals surface area contributed by atoms with Crippen LogP contribution in [-0.2, 0) is 11.3 Å². The van der Waals surface area contributed by atoms with E-state index in [9.17, 15) is 9.59 Å². The predicted octanol–water partition coefficient (Wildman–Crippen LogP) is 2.73. The first-order valence-electron chi connectivity index (χ1n) is 9.57. The van der Waals surface area contributed by atoms with Crippen molar-refractivity contribution in [1.82, 2.24) is 14.5 Å². The molecule has 1 amide bonds. The SMILES string of the molecule is Cc1cccc2c(=O)n(CCC(=O)Nc3ccc(N4CCCC4)nc3)cnc12. The molecule has 3 aromatic rings. The van der Waals surface area contributed by atoms with Crippen molar-refractivity contribution in [1.29, 1.82) is 0 Å². The van der Waals surface area contributed by atoms with Crippen LogP contribution in [0.3, 0.4) is 0 Å². The number of carbonyl (C=O) groups is 1. The molecule has 3 heterocycles. The maximum Gasteiger partial charge on any atom is 0.261 e. The smallest absolute Gasteiger partial charge is 0.261 e. The number of nitrogens with one attached hydrogen (secondary N) is 1. The molecule has 2 aromatic heterocycles. The normalized spacial score (nSPS) is 13.8. The summed E-state index contributed by atoms with van der Waals surface area (Å²) >= 11 is 0. The molecule has 1 aliphatic rings. The summed E-state index contributed by atoms with van der Waals surface area (Å²) in [5.74, 6) is 0.784. The second-order valence-electron chi connectivity index (χ2n) is 7.11. The molecule has 0 unspecified atom stereocenters. The first kappa shape index (κ1) is 18.2. The van der Waals surface area contributed by atoms with Crippen molar-refractivity contribution in [2.24, 2.45) is 0 Å². The Kier molecular flexibility index (Phi) is 5.06. The molecule has 28 heavy (non-hydrogen) atoms. The van der Waals surface area contributed by atoms with Crippen molar-refractivity contribution in [3.63, 3.8) is 0 Å². The van der Waals surface area contributed by atoms with Crippen LogP contribution < -0.4 is 15.8 Å². The van der Waals surface area contributed by atoms with Gasteiger partial charge in [0.2, 0.25) is 5.91 Å². The largest absolute Gasteiger partial charge is 0.357 e. The van der Waals surface area contributed by atoms with Gasteiger partial charge in [-0.3, -0.25) is 14.2 Å². The molecule has 1 fully saturated rings. The Balaban J connectivity index is 1.39. The quantitative estimate of drug-likeness (QED) is 0.739. The van der Waals surface area contributed by atoms with E-state index in [1.807, 2.05) is 31.2 Å². The average Bonchev–Trinajstić information content (AvgIpc) is 3.23. The summed E-state index contributed by atoms with van der Waals surface area (Å²) in [5, 5.41) is 3.41. The van der Waals surface area contributed by atoms with Gasteiger partial charge in [0.25, 0.3) is 5.56 Å². The third kappa shape index (κ3) is 3.74. The molecule has 1 aromatic carbocycles. The highest BCUT2D eigenvalue weighted by atomic mass is 16.2. The van der Waals surface area contributed by atoms with Gasteiger partial charge in [-0.1, -0.05) is 12.1 Å². The zero-order chi connectivity index (χ0) is 19.5. The fourth-order valence-corrected chi connectivity index (χ4v) is 3.54. The number of aromatic nitrogens is 3. The summed E-state index contributed by atoms with van der Waals surface area (Å²) in [7, 11) is 0. The molecule has 0 aliphatic carbocycles. The molecule has 0 atom stereocenters. The number of para-hydroxylation sites is 1. The lowest BCUT2D eigenvalue weighted by molar-refractivity contribution is -0.116. The highest BCUT2D eigenvalue weighted by Crippen LogP contribution is 2.19. The van der Waals surface area contributed by atoms with E-state index in [2.05, 4.69) is 20.2 Å². The van der Waals surface area contributed by atoms with Gasteiger partial charge in [0, 0.05) is 26.1 Å². The summed E-state index contributed by atoms with van der Waals surface area (Å²) < 4.78 is 1.48. The third-order valence-corrected chi connectivity index (χ3v) is 5.10. The fraction of sp³-hybridized carbons (Fsp3) is 0.333. The molecule has 4 rings (SSSR count).